The minimum atomic E-state index is -3.96. The van der Waals surface area contributed by atoms with Gasteiger partial charge in [-0.2, -0.15) is 4.98 Å². The van der Waals surface area contributed by atoms with E-state index in [1.54, 1.807) is 4.90 Å². The summed E-state index contributed by atoms with van der Waals surface area (Å²) in [6.07, 6.45) is 3.34. The van der Waals surface area contributed by atoms with Crippen LogP contribution < -0.4 is 10.6 Å². The average Bonchev–Trinajstić information content (AvgIpc) is 2.97. The smallest absolute Gasteiger partial charge is 0.355 e. The van der Waals surface area contributed by atoms with Gasteiger partial charge >= 0.3 is 5.69 Å². The summed E-state index contributed by atoms with van der Waals surface area (Å²) in [5.74, 6) is -3.10. The second-order valence-electron chi connectivity index (χ2n) is 10.1. The molecule has 0 spiro atoms. The van der Waals surface area contributed by atoms with Gasteiger partial charge in [0.1, 0.15) is 29.1 Å². The molecule has 1 fully saturated rings. The van der Waals surface area contributed by atoms with Crippen molar-refractivity contribution in [2.45, 2.75) is 17.9 Å². The summed E-state index contributed by atoms with van der Waals surface area (Å²) in [6.45, 7) is 12.7. The number of aromatic nitrogens is 4. The van der Waals surface area contributed by atoms with Crippen molar-refractivity contribution in [2.24, 2.45) is 0 Å². The van der Waals surface area contributed by atoms with E-state index in [2.05, 4.69) is 26.4 Å². The molecule has 4 aromatic rings. The van der Waals surface area contributed by atoms with Crippen molar-refractivity contribution in [3.63, 3.8) is 0 Å². The Bertz CT molecular complexity index is 2040. The number of fused-ring (bicyclic) bond motifs is 1. The minimum Gasteiger partial charge on any atom is -0.507 e. The predicted octanol–water partition coefficient (Wildman–Crippen LogP) is 2.66. The summed E-state index contributed by atoms with van der Waals surface area (Å²) in [4.78, 5) is 45.1. The van der Waals surface area contributed by atoms with Crippen molar-refractivity contribution in [1.29, 1.82) is 0 Å². The van der Waals surface area contributed by atoms with Gasteiger partial charge in [0, 0.05) is 32.1 Å². The fourth-order valence-electron chi connectivity index (χ4n) is 5.28. The number of pyridine rings is 2. The molecule has 226 valence electrons. The number of hydrogen-bond acceptors (Lipinski definition) is 9. The number of rotatable bonds is 6. The summed E-state index contributed by atoms with van der Waals surface area (Å²) >= 11 is 0. The van der Waals surface area contributed by atoms with Gasteiger partial charge in [-0.15, -0.1) is 0 Å². The summed E-state index contributed by atoms with van der Waals surface area (Å²) in [7, 11) is -3.96. The zero-order chi connectivity index (χ0) is 31.9. The maximum Gasteiger partial charge on any atom is 0.355 e. The van der Waals surface area contributed by atoms with Gasteiger partial charge in [-0.05, 0) is 37.3 Å². The molecule has 0 bridgehead atoms. The van der Waals surface area contributed by atoms with Crippen LogP contribution in [0.5, 0.6) is 5.75 Å². The van der Waals surface area contributed by atoms with Crippen molar-refractivity contribution < 1.29 is 27.1 Å². The Balaban J connectivity index is 1.88. The fraction of sp³-hybridized carbons (Fsp3) is 0.241. The third-order valence-electron chi connectivity index (χ3n) is 7.27. The minimum absolute atomic E-state index is 0.0668. The molecule has 1 N–H and O–H groups in total. The number of piperazine rings is 1. The number of nitrogens with zero attached hydrogens (tertiary/aromatic N) is 7. The van der Waals surface area contributed by atoms with Crippen LogP contribution in [0.15, 0.2) is 58.9 Å². The molecule has 0 unspecified atom stereocenters. The van der Waals surface area contributed by atoms with Gasteiger partial charge in [-0.25, -0.2) is 38.1 Å². The highest BCUT2D eigenvalue weighted by Gasteiger charge is 2.34. The Labute approximate surface area is 250 Å². The molecule has 1 amide bonds. The number of phenols is 1. The Morgan fingerprint density at radius 2 is 1.98 bits per heavy atom. The monoisotopic (exact) mass is 621 g/mol. The largest absolute Gasteiger partial charge is 0.507 e. The third kappa shape index (κ3) is 5.24. The highest BCUT2D eigenvalue weighted by molar-refractivity contribution is 7.90. The van der Waals surface area contributed by atoms with E-state index in [-0.39, 0.29) is 65.2 Å². The lowest BCUT2D eigenvalue weighted by atomic mass is 10.1. The average molecular weight is 622 g/mol. The molecular weight excluding hydrogens is 596 g/mol. The van der Waals surface area contributed by atoms with Gasteiger partial charge < -0.3 is 19.8 Å². The molecule has 1 aliphatic heterocycles. The van der Waals surface area contributed by atoms with Crippen LogP contribution in [-0.4, -0.2) is 82.3 Å². The molecule has 1 aliphatic rings. The van der Waals surface area contributed by atoms with E-state index in [1.165, 1.54) is 30.2 Å². The molecule has 15 heteroatoms. The summed E-state index contributed by atoms with van der Waals surface area (Å²) in [5.41, 5.74) is -2.60. The predicted molar refractivity (Wildman–Crippen MR) is 157 cm³/mol. The summed E-state index contributed by atoms with van der Waals surface area (Å²) < 4.78 is 57.2. The molecule has 0 saturated carbocycles. The Kier molecular flexibility index (Phi) is 7.87. The van der Waals surface area contributed by atoms with Gasteiger partial charge in [-0.3, -0.25) is 9.78 Å². The molecule has 0 aliphatic carbocycles. The normalized spacial score (nSPS) is 15.3. The van der Waals surface area contributed by atoms with Crippen LogP contribution in [0, 0.1) is 25.1 Å². The molecule has 12 nitrogen and oxygen atoms in total. The standard InChI is InChI=1S/C29H25F2N7O5S/c1-5-23(40)36-11-12-37(17(15-36)14-32-3)27-18-13-20(31)25(24-19(30)7-6-8-21(24)39)34-28(18)38(29(41)35-27)26-16(2)33-10-9-22(26)44(4,42)43/h5-10,13,17,39H,1,11-12,14-15H2,2,4H3/t17-/m0/s1. The number of aryl methyl sites for hydroxylation is 1. The van der Waals surface area contributed by atoms with Gasteiger partial charge in [-0.1, -0.05) is 12.6 Å². The fourth-order valence-corrected chi connectivity index (χ4v) is 6.18. The van der Waals surface area contributed by atoms with E-state index in [4.69, 9.17) is 6.57 Å². The van der Waals surface area contributed by atoms with Crippen LogP contribution in [0.4, 0.5) is 14.6 Å². The number of carbonyl (C=O) groups is 1. The van der Waals surface area contributed by atoms with Crippen LogP contribution in [0.3, 0.4) is 0 Å². The number of halogens is 2. The molecular formula is C29H25F2N7O5S. The van der Waals surface area contributed by atoms with Crippen molar-refractivity contribution in [3.8, 4) is 22.7 Å². The zero-order valence-corrected chi connectivity index (χ0v) is 24.3. The van der Waals surface area contributed by atoms with Crippen LogP contribution in [-0.2, 0) is 14.6 Å². The molecule has 5 rings (SSSR count). The maximum absolute atomic E-state index is 15.9. The van der Waals surface area contributed by atoms with E-state index >= 15 is 4.39 Å². The molecule has 44 heavy (non-hydrogen) atoms. The molecule has 1 saturated heterocycles. The first-order valence-electron chi connectivity index (χ1n) is 13.2. The van der Waals surface area contributed by atoms with Gasteiger partial charge in [0.25, 0.3) is 0 Å². The number of carbonyl (C=O) groups excluding carboxylic acids is 1. The molecule has 1 atom stereocenters. The highest BCUT2D eigenvalue weighted by Crippen LogP contribution is 2.36. The summed E-state index contributed by atoms with van der Waals surface area (Å²) in [5, 5.41) is 10.4. The SMILES string of the molecule is [C-]#[N+]C[C@H]1CN(C(=O)C=C)CCN1c1nc(=O)n(-c2c(S(C)(=O)=O)ccnc2C)c2nc(-c3c(O)cccc3F)c(F)cc12. The highest BCUT2D eigenvalue weighted by atomic mass is 32.2. The Morgan fingerprint density at radius 3 is 2.64 bits per heavy atom. The van der Waals surface area contributed by atoms with Gasteiger partial charge in [0.15, 0.2) is 21.3 Å². The second-order valence-corrected chi connectivity index (χ2v) is 12.1. The van der Waals surface area contributed by atoms with Crippen LogP contribution >= 0.6 is 0 Å². The molecule has 3 aromatic heterocycles. The third-order valence-corrected chi connectivity index (χ3v) is 8.39. The second kappa shape index (κ2) is 11.5. The van der Waals surface area contributed by atoms with Crippen molar-refractivity contribution >= 4 is 32.6 Å². The quantitative estimate of drug-likeness (QED) is 0.254. The topological polar surface area (TPSA) is 143 Å². The van der Waals surface area contributed by atoms with E-state index < -0.39 is 50.2 Å². The number of hydrogen-bond donors (Lipinski definition) is 1. The summed E-state index contributed by atoms with van der Waals surface area (Å²) in [6, 6.07) is 4.85. The van der Waals surface area contributed by atoms with Crippen LogP contribution in [0.2, 0.25) is 0 Å². The van der Waals surface area contributed by atoms with E-state index in [0.29, 0.717) is 0 Å². The van der Waals surface area contributed by atoms with Crippen molar-refractivity contribution in [2.75, 3.05) is 37.3 Å². The number of sulfone groups is 1. The lowest BCUT2D eigenvalue weighted by Gasteiger charge is -2.39. The first kappa shape index (κ1) is 30.2. The molecule has 4 heterocycles. The molecule has 1 aromatic carbocycles. The first-order chi connectivity index (χ1) is 20.9. The van der Waals surface area contributed by atoms with E-state index in [1.807, 2.05) is 0 Å². The zero-order valence-electron chi connectivity index (χ0n) is 23.5. The van der Waals surface area contributed by atoms with Crippen molar-refractivity contribution in [1.82, 2.24) is 24.4 Å². The first-order valence-corrected chi connectivity index (χ1v) is 15.0. The van der Waals surface area contributed by atoms with E-state index in [0.717, 1.165) is 35.1 Å². The molecule has 0 radical (unpaired) electrons. The lowest BCUT2D eigenvalue weighted by Crippen LogP contribution is -2.56. The number of phenolic OH excluding ortho intramolecular Hbond substituents is 1. The number of anilines is 1. The number of aromatic hydroxyl groups is 1. The van der Waals surface area contributed by atoms with Crippen LogP contribution in [0.1, 0.15) is 5.69 Å². The van der Waals surface area contributed by atoms with E-state index in [9.17, 15) is 27.5 Å². The maximum atomic E-state index is 15.9. The number of amides is 1. The van der Waals surface area contributed by atoms with Gasteiger partial charge in [0.2, 0.25) is 12.5 Å². The van der Waals surface area contributed by atoms with Crippen molar-refractivity contribution in [3.05, 3.63) is 88.4 Å². The Morgan fingerprint density at radius 1 is 1.23 bits per heavy atom. The Hall–Kier alpha value is -5.23. The lowest BCUT2D eigenvalue weighted by molar-refractivity contribution is -0.126. The number of benzene rings is 1. The van der Waals surface area contributed by atoms with Crippen LogP contribution in [0.25, 0.3) is 32.8 Å². The van der Waals surface area contributed by atoms with Gasteiger partial charge in [0.05, 0.1) is 27.2 Å².